The van der Waals surface area contributed by atoms with Crippen LogP contribution in [0.4, 0.5) is 0 Å². The lowest BCUT2D eigenvalue weighted by Gasteiger charge is -2.31. The highest BCUT2D eigenvalue weighted by Gasteiger charge is 2.27. The zero-order valence-electron chi connectivity index (χ0n) is 16.8. The third-order valence-electron chi connectivity index (χ3n) is 5.45. The number of aliphatic hydroxyl groups excluding tert-OH is 1. The maximum absolute atomic E-state index is 10.9. The Balaban J connectivity index is 1.78. The second kappa shape index (κ2) is 8.28. The van der Waals surface area contributed by atoms with Gasteiger partial charge in [-0.25, -0.2) is 9.97 Å². The van der Waals surface area contributed by atoms with Crippen molar-refractivity contribution in [3.05, 3.63) is 30.0 Å². The minimum atomic E-state index is -0.161. The minimum absolute atomic E-state index is 0.161. The zero-order chi connectivity index (χ0) is 20.4. The fourth-order valence-electron chi connectivity index (χ4n) is 4.19. The predicted octanol–water partition coefficient (Wildman–Crippen LogP) is 1.93. The molecule has 1 aliphatic carbocycles. The van der Waals surface area contributed by atoms with Crippen LogP contribution in [0.15, 0.2) is 18.5 Å². The Kier molecular flexibility index (Phi) is 5.57. The van der Waals surface area contributed by atoms with E-state index < -0.39 is 0 Å². The molecule has 2 N–H and O–H groups in total. The topological polar surface area (TPSA) is 111 Å². The second-order valence-electron chi connectivity index (χ2n) is 8.11. The Morgan fingerprint density at radius 3 is 2.93 bits per heavy atom. The van der Waals surface area contributed by atoms with Gasteiger partial charge in [-0.1, -0.05) is 13.8 Å². The molecule has 0 spiro atoms. The number of hydrogen-bond acceptors (Lipinski definition) is 6. The van der Waals surface area contributed by atoms with E-state index in [2.05, 4.69) is 38.9 Å². The highest BCUT2D eigenvalue weighted by Crippen LogP contribution is 2.33. The van der Waals surface area contributed by atoms with Gasteiger partial charge in [0.2, 0.25) is 6.41 Å². The molecule has 29 heavy (non-hydrogen) atoms. The van der Waals surface area contributed by atoms with Crippen molar-refractivity contribution in [2.45, 2.75) is 64.6 Å². The number of imidazole rings is 1. The van der Waals surface area contributed by atoms with Crippen LogP contribution < -0.4 is 5.32 Å². The van der Waals surface area contributed by atoms with E-state index in [1.165, 1.54) is 11.0 Å². The molecule has 0 saturated heterocycles. The summed E-state index contributed by atoms with van der Waals surface area (Å²) in [5.41, 5.74) is 2.35. The summed E-state index contributed by atoms with van der Waals surface area (Å²) in [6.07, 6.45) is 8.99. The maximum Gasteiger partial charge on any atom is 0.207 e. The van der Waals surface area contributed by atoms with Crippen LogP contribution in [0.1, 0.15) is 57.1 Å². The van der Waals surface area contributed by atoms with Gasteiger partial charge in [0.05, 0.1) is 24.5 Å². The molecular weight excluding hydrogens is 370 g/mol. The number of amides is 1. The number of aromatic nitrogens is 6. The van der Waals surface area contributed by atoms with Crippen molar-refractivity contribution in [2.24, 2.45) is 5.92 Å². The number of fused-ring (bicyclic) bond motifs is 1. The molecule has 4 rings (SSSR count). The average Bonchev–Trinajstić information content (AvgIpc) is 3.31. The van der Waals surface area contributed by atoms with Gasteiger partial charge in [-0.05, 0) is 31.6 Å². The molecule has 9 heteroatoms. The number of aliphatic hydroxyl groups is 1. The van der Waals surface area contributed by atoms with E-state index in [0.717, 1.165) is 55.4 Å². The molecule has 0 bridgehead atoms. The molecule has 154 valence electrons. The van der Waals surface area contributed by atoms with Gasteiger partial charge in [-0.15, -0.1) is 9.90 Å². The third kappa shape index (κ3) is 4.00. The summed E-state index contributed by atoms with van der Waals surface area (Å²) in [5, 5.41) is 20.7. The lowest BCUT2D eigenvalue weighted by molar-refractivity contribution is -0.110. The van der Waals surface area contributed by atoms with Gasteiger partial charge in [0.1, 0.15) is 17.0 Å². The number of nitrogens with zero attached hydrogens (tertiary/aromatic N) is 6. The van der Waals surface area contributed by atoms with Gasteiger partial charge < -0.3 is 15.0 Å². The summed E-state index contributed by atoms with van der Waals surface area (Å²) in [7, 11) is 0. The highest BCUT2D eigenvalue weighted by atomic mass is 16.3. The normalized spacial score (nSPS) is 19.7. The molecule has 1 saturated carbocycles. The van der Waals surface area contributed by atoms with Crippen LogP contribution in [-0.4, -0.2) is 47.1 Å². The summed E-state index contributed by atoms with van der Waals surface area (Å²) in [6.45, 7) is 4.22. The van der Waals surface area contributed by atoms with Gasteiger partial charge in [0.15, 0.2) is 5.82 Å². The van der Waals surface area contributed by atoms with Crippen LogP contribution in [0.5, 0.6) is 0 Å². The lowest BCUT2D eigenvalue weighted by Crippen LogP contribution is -2.34. The van der Waals surface area contributed by atoms with Crippen LogP contribution in [0.2, 0.25) is 0 Å². The first-order valence-corrected chi connectivity index (χ1v) is 10.2. The standard InChI is InChI=1S/C20H27N7O2/c1-13(2)6-20-24-17-10-21-19(27-23-9-15(11-28)25-27)8-18(17)26(20)16-5-3-4-14(7-16)22-12-29/h8-10,12-14,16,28H,3-7,11H2,1-2H3,(H,22,29). The van der Waals surface area contributed by atoms with Gasteiger partial charge >= 0.3 is 0 Å². The number of carbonyl (C=O) groups is 1. The molecule has 2 unspecified atom stereocenters. The first kappa shape index (κ1) is 19.5. The van der Waals surface area contributed by atoms with Crippen LogP contribution in [0, 0.1) is 5.92 Å². The SMILES string of the molecule is CC(C)Cc1nc2cnc(-n3ncc(CO)n3)cc2n1C1CCCC(NC=O)C1. The van der Waals surface area contributed by atoms with E-state index in [-0.39, 0.29) is 18.7 Å². The minimum Gasteiger partial charge on any atom is -0.390 e. The number of nitrogens with one attached hydrogen (secondary N) is 1. The first-order valence-electron chi connectivity index (χ1n) is 10.2. The molecule has 2 atom stereocenters. The molecule has 1 amide bonds. The molecule has 0 aliphatic heterocycles. The van der Waals surface area contributed by atoms with Gasteiger partial charge in [-0.2, -0.15) is 5.10 Å². The molecular formula is C20H27N7O2. The smallest absolute Gasteiger partial charge is 0.207 e. The summed E-state index contributed by atoms with van der Waals surface area (Å²) < 4.78 is 2.33. The van der Waals surface area contributed by atoms with Gasteiger partial charge in [0, 0.05) is 24.6 Å². The van der Waals surface area contributed by atoms with E-state index in [0.29, 0.717) is 17.4 Å². The van der Waals surface area contributed by atoms with E-state index in [1.54, 1.807) is 6.20 Å². The summed E-state index contributed by atoms with van der Waals surface area (Å²) in [5.74, 6) is 2.12. The van der Waals surface area contributed by atoms with Crippen molar-refractivity contribution in [1.82, 2.24) is 34.8 Å². The molecule has 3 aromatic heterocycles. The van der Waals surface area contributed by atoms with Crippen molar-refractivity contribution in [3.63, 3.8) is 0 Å². The third-order valence-corrected chi connectivity index (χ3v) is 5.45. The Hall–Kier alpha value is -2.81. The van der Waals surface area contributed by atoms with E-state index in [4.69, 9.17) is 4.98 Å². The van der Waals surface area contributed by atoms with Crippen molar-refractivity contribution in [3.8, 4) is 5.82 Å². The monoisotopic (exact) mass is 397 g/mol. The summed E-state index contributed by atoms with van der Waals surface area (Å²) in [6, 6.07) is 2.43. The molecule has 0 radical (unpaired) electrons. The highest BCUT2D eigenvalue weighted by molar-refractivity contribution is 5.77. The Bertz CT molecular complexity index is 994. The first-order chi connectivity index (χ1) is 14.1. The largest absolute Gasteiger partial charge is 0.390 e. The summed E-state index contributed by atoms with van der Waals surface area (Å²) in [4.78, 5) is 21.7. The van der Waals surface area contributed by atoms with E-state index in [1.807, 2.05) is 6.07 Å². The Labute approximate surface area is 169 Å². The second-order valence-corrected chi connectivity index (χ2v) is 8.11. The Morgan fingerprint density at radius 1 is 1.34 bits per heavy atom. The molecule has 3 heterocycles. The van der Waals surface area contributed by atoms with Crippen molar-refractivity contribution >= 4 is 17.4 Å². The molecule has 9 nitrogen and oxygen atoms in total. The Morgan fingerprint density at radius 2 is 2.21 bits per heavy atom. The van der Waals surface area contributed by atoms with E-state index in [9.17, 15) is 9.90 Å². The van der Waals surface area contributed by atoms with Gasteiger partial charge in [-0.3, -0.25) is 4.79 Å². The quantitative estimate of drug-likeness (QED) is 0.590. The molecule has 0 aromatic carbocycles. The van der Waals surface area contributed by atoms with Crippen LogP contribution in [-0.2, 0) is 17.8 Å². The van der Waals surface area contributed by atoms with Gasteiger partial charge in [0.25, 0.3) is 0 Å². The van der Waals surface area contributed by atoms with Crippen molar-refractivity contribution in [1.29, 1.82) is 0 Å². The predicted molar refractivity (Wildman–Crippen MR) is 107 cm³/mol. The fraction of sp³-hybridized carbons (Fsp3) is 0.550. The van der Waals surface area contributed by atoms with Crippen molar-refractivity contribution < 1.29 is 9.90 Å². The summed E-state index contributed by atoms with van der Waals surface area (Å²) >= 11 is 0. The average molecular weight is 397 g/mol. The number of hydrogen-bond donors (Lipinski definition) is 2. The molecule has 3 aromatic rings. The van der Waals surface area contributed by atoms with E-state index >= 15 is 0 Å². The fourth-order valence-corrected chi connectivity index (χ4v) is 4.19. The van der Waals surface area contributed by atoms with Crippen LogP contribution in [0.25, 0.3) is 16.9 Å². The molecule has 1 aliphatic rings. The number of pyridine rings is 1. The maximum atomic E-state index is 10.9. The van der Waals surface area contributed by atoms with Crippen molar-refractivity contribution in [2.75, 3.05) is 0 Å². The zero-order valence-corrected chi connectivity index (χ0v) is 16.8. The van der Waals surface area contributed by atoms with Crippen LogP contribution in [0.3, 0.4) is 0 Å². The molecule has 1 fully saturated rings. The number of carbonyl (C=O) groups excluding carboxylic acids is 1. The van der Waals surface area contributed by atoms with Crippen LogP contribution >= 0.6 is 0 Å². The number of rotatable bonds is 7. The lowest BCUT2D eigenvalue weighted by atomic mass is 9.90.